The highest BCUT2D eigenvalue weighted by atomic mass is 15.2. The monoisotopic (exact) mass is 240 g/mol. The predicted molar refractivity (Wildman–Crippen MR) is 69.2 cm³/mol. The van der Waals surface area contributed by atoms with E-state index in [0.29, 0.717) is 5.65 Å². The quantitative estimate of drug-likeness (QED) is 0.734. The third-order valence-electron chi connectivity index (χ3n) is 2.65. The summed E-state index contributed by atoms with van der Waals surface area (Å²) in [7, 11) is 3.91. The van der Waals surface area contributed by atoms with Crippen molar-refractivity contribution < 1.29 is 0 Å². The molecule has 0 saturated carbocycles. The molecular weight excluding hydrogens is 228 g/mol. The van der Waals surface area contributed by atoms with Crippen LogP contribution in [0.15, 0.2) is 30.6 Å². The number of H-pyrrole nitrogens is 1. The van der Waals surface area contributed by atoms with Crippen LogP contribution < -0.4 is 4.90 Å². The Hall–Kier alpha value is -2.50. The molecular formula is C12H12N6. The van der Waals surface area contributed by atoms with Crippen molar-refractivity contribution in [2.45, 2.75) is 0 Å². The van der Waals surface area contributed by atoms with Crippen LogP contribution in [-0.2, 0) is 0 Å². The van der Waals surface area contributed by atoms with Crippen molar-refractivity contribution in [1.29, 1.82) is 0 Å². The van der Waals surface area contributed by atoms with Gasteiger partial charge in [0.25, 0.3) is 0 Å². The second kappa shape index (κ2) is 4.06. The molecule has 0 bridgehead atoms. The summed E-state index contributed by atoms with van der Waals surface area (Å²) in [5.41, 5.74) is 2.51. The van der Waals surface area contributed by atoms with Crippen molar-refractivity contribution in [3.63, 3.8) is 0 Å². The van der Waals surface area contributed by atoms with Gasteiger partial charge in [0, 0.05) is 19.7 Å². The standard InChI is InChI=1S/C12H12N6/c1-18(2)10-4-3-9-12(16-10)17-11(15-9)8-5-6-13-14-7-8/h3-7H,1-2H3,(H,15,16,17). The van der Waals surface area contributed by atoms with E-state index in [2.05, 4.69) is 25.1 Å². The zero-order valence-electron chi connectivity index (χ0n) is 10.1. The van der Waals surface area contributed by atoms with E-state index in [4.69, 9.17) is 0 Å². The highest BCUT2D eigenvalue weighted by Gasteiger charge is 2.07. The largest absolute Gasteiger partial charge is 0.363 e. The average Bonchev–Trinajstić information content (AvgIpc) is 2.82. The summed E-state index contributed by atoms with van der Waals surface area (Å²) < 4.78 is 0. The van der Waals surface area contributed by atoms with E-state index in [-0.39, 0.29) is 0 Å². The van der Waals surface area contributed by atoms with Gasteiger partial charge in [-0.1, -0.05) is 0 Å². The van der Waals surface area contributed by atoms with Gasteiger partial charge in [-0.05, 0) is 18.2 Å². The lowest BCUT2D eigenvalue weighted by molar-refractivity contribution is 1.03. The van der Waals surface area contributed by atoms with E-state index in [1.54, 1.807) is 12.4 Å². The maximum atomic E-state index is 4.47. The molecule has 3 rings (SSSR count). The first kappa shape index (κ1) is 10.6. The number of pyridine rings is 1. The Kier molecular flexibility index (Phi) is 2.40. The first-order chi connectivity index (χ1) is 8.74. The molecule has 0 fully saturated rings. The predicted octanol–water partition coefficient (Wildman–Crippen LogP) is 1.48. The Morgan fingerprint density at radius 2 is 1.94 bits per heavy atom. The molecule has 3 heterocycles. The van der Waals surface area contributed by atoms with Gasteiger partial charge in [-0.3, -0.25) is 0 Å². The summed E-state index contributed by atoms with van der Waals surface area (Å²) >= 11 is 0. The number of hydrogen-bond donors (Lipinski definition) is 1. The van der Waals surface area contributed by atoms with Crippen molar-refractivity contribution in [3.8, 4) is 11.4 Å². The summed E-state index contributed by atoms with van der Waals surface area (Å²) in [5, 5.41) is 7.59. The zero-order chi connectivity index (χ0) is 12.5. The first-order valence-electron chi connectivity index (χ1n) is 5.55. The minimum atomic E-state index is 0.702. The molecule has 3 aromatic rings. The van der Waals surface area contributed by atoms with Gasteiger partial charge in [0.05, 0.1) is 17.9 Å². The molecule has 0 saturated heterocycles. The van der Waals surface area contributed by atoms with E-state index in [9.17, 15) is 0 Å². The molecule has 90 valence electrons. The highest BCUT2D eigenvalue weighted by molar-refractivity contribution is 5.77. The molecule has 0 atom stereocenters. The number of aromatic amines is 1. The lowest BCUT2D eigenvalue weighted by Gasteiger charge is -2.09. The van der Waals surface area contributed by atoms with E-state index >= 15 is 0 Å². The van der Waals surface area contributed by atoms with Gasteiger partial charge in [0.2, 0.25) is 0 Å². The topological polar surface area (TPSA) is 70.6 Å². The number of hydrogen-bond acceptors (Lipinski definition) is 5. The Bertz CT molecular complexity index is 673. The maximum absolute atomic E-state index is 4.47. The number of rotatable bonds is 2. The van der Waals surface area contributed by atoms with Gasteiger partial charge in [0.15, 0.2) is 5.65 Å². The fourth-order valence-corrected chi connectivity index (χ4v) is 1.70. The summed E-state index contributed by atoms with van der Waals surface area (Å²) in [6.07, 6.45) is 3.31. The van der Waals surface area contributed by atoms with Crippen LogP contribution >= 0.6 is 0 Å². The van der Waals surface area contributed by atoms with Crippen LogP contribution in [0.5, 0.6) is 0 Å². The molecule has 0 aliphatic heterocycles. The normalized spacial score (nSPS) is 10.8. The Labute approximate surface area is 104 Å². The second-order valence-corrected chi connectivity index (χ2v) is 4.15. The third-order valence-corrected chi connectivity index (χ3v) is 2.65. The van der Waals surface area contributed by atoms with Crippen LogP contribution in [0.25, 0.3) is 22.6 Å². The first-order valence-corrected chi connectivity index (χ1v) is 5.55. The molecule has 6 nitrogen and oxygen atoms in total. The number of aromatic nitrogens is 5. The van der Waals surface area contributed by atoms with Crippen LogP contribution in [0.3, 0.4) is 0 Å². The SMILES string of the molecule is CN(C)c1ccc2[nH]c(-c3ccnnc3)nc2n1. The minimum Gasteiger partial charge on any atom is -0.363 e. The number of fused-ring (bicyclic) bond motifs is 1. The Balaban J connectivity index is 2.11. The molecule has 18 heavy (non-hydrogen) atoms. The third kappa shape index (κ3) is 1.77. The second-order valence-electron chi connectivity index (χ2n) is 4.15. The van der Waals surface area contributed by atoms with Crippen molar-refractivity contribution in [3.05, 3.63) is 30.6 Å². The summed E-state index contributed by atoms with van der Waals surface area (Å²) in [6, 6.07) is 5.79. The lowest BCUT2D eigenvalue weighted by atomic mass is 10.3. The van der Waals surface area contributed by atoms with Gasteiger partial charge < -0.3 is 9.88 Å². The number of imidazole rings is 1. The van der Waals surface area contributed by atoms with Crippen LogP contribution in [0.1, 0.15) is 0 Å². The molecule has 0 aromatic carbocycles. The van der Waals surface area contributed by atoms with Crippen LogP contribution in [-0.4, -0.2) is 39.2 Å². The fourth-order valence-electron chi connectivity index (χ4n) is 1.70. The zero-order valence-corrected chi connectivity index (χ0v) is 10.1. The van der Waals surface area contributed by atoms with E-state index in [0.717, 1.165) is 22.7 Å². The van der Waals surface area contributed by atoms with E-state index in [1.165, 1.54) is 0 Å². The fraction of sp³-hybridized carbons (Fsp3) is 0.167. The van der Waals surface area contributed by atoms with Crippen molar-refractivity contribution in [2.75, 3.05) is 19.0 Å². The minimum absolute atomic E-state index is 0.702. The molecule has 3 aromatic heterocycles. The highest BCUT2D eigenvalue weighted by Crippen LogP contribution is 2.20. The number of anilines is 1. The maximum Gasteiger partial charge on any atom is 0.180 e. The number of nitrogens with one attached hydrogen (secondary N) is 1. The molecule has 6 heteroatoms. The van der Waals surface area contributed by atoms with Crippen molar-refractivity contribution >= 4 is 17.0 Å². The van der Waals surface area contributed by atoms with Crippen LogP contribution in [0.2, 0.25) is 0 Å². The van der Waals surface area contributed by atoms with E-state index < -0.39 is 0 Å². The van der Waals surface area contributed by atoms with Crippen LogP contribution in [0, 0.1) is 0 Å². The summed E-state index contributed by atoms with van der Waals surface area (Å²) in [6.45, 7) is 0. The van der Waals surface area contributed by atoms with Gasteiger partial charge >= 0.3 is 0 Å². The number of nitrogens with zero attached hydrogens (tertiary/aromatic N) is 5. The summed E-state index contributed by atoms with van der Waals surface area (Å²) in [4.78, 5) is 14.1. The average molecular weight is 240 g/mol. The lowest BCUT2D eigenvalue weighted by Crippen LogP contribution is -2.10. The van der Waals surface area contributed by atoms with Crippen molar-refractivity contribution in [2.24, 2.45) is 0 Å². The summed E-state index contributed by atoms with van der Waals surface area (Å²) in [5.74, 6) is 1.64. The molecule has 0 aliphatic rings. The molecule has 0 spiro atoms. The Morgan fingerprint density at radius 1 is 1.06 bits per heavy atom. The molecule has 0 aliphatic carbocycles. The Morgan fingerprint density at radius 3 is 2.67 bits per heavy atom. The van der Waals surface area contributed by atoms with Gasteiger partial charge in [-0.15, -0.1) is 0 Å². The molecule has 0 radical (unpaired) electrons. The van der Waals surface area contributed by atoms with E-state index in [1.807, 2.05) is 37.2 Å². The van der Waals surface area contributed by atoms with Gasteiger partial charge in [-0.2, -0.15) is 10.2 Å². The van der Waals surface area contributed by atoms with Crippen molar-refractivity contribution in [1.82, 2.24) is 25.1 Å². The molecule has 0 amide bonds. The molecule has 1 N–H and O–H groups in total. The molecule has 0 unspecified atom stereocenters. The smallest absolute Gasteiger partial charge is 0.180 e. The van der Waals surface area contributed by atoms with Gasteiger partial charge in [0.1, 0.15) is 11.6 Å². The van der Waals surface area contributed by atoms with Crippen LogP contribution in [0.4, 0.5) is 5.82 Å². The van der Waals surface area contributed by atoms with Gasteiger partial charge in [-0.25, -0.2) is 9.97 Å².